The highest BCUT2D eigenvalue weighted by atomic mass is 16.7. The molecule has 0 aromatic heterocycles. The van der Waals surface area contributed by atoms with Crippen LogP contribution in [0.3, 0.4) is 0 Å². The van der Waals surface area contributed by atoms with E-state index in [4.69, 9.17) is 66.3 Å². The Morgan fingerprint density at radius 3 is 0.767 bits per heavy atom. The van der Waals surface area contributed by atoms with Gasteiger partial charge < -0.3 is 66.3 Å². The van der Waals surface area contributed by atoms with E-state index in [9.17, 15) is 0 Å². The molecule has 0 saturated carbocycles. The molecule has 2 saturated heterocycles. The second kappa shape index (κ2) is 33.5. The SMILES string of the molecule is COCCOc1c2cc(C(C)(C)C)cc1Cc1cc(C(C)(C)C)cc(c1OCCOCCOCCOC1CCCCO1)Cc1cc(C(C)(C)C)cc(c1OCCOC)Cc1cc(C(C)(C)C)cc(c1OCCOCCOCCOC1CCCCO1)C2. The first-order valence-electron chi connectivity index (χ1n) is 32.0. The Hall–Kier alpha value is -4.32. The van der Waals surface area contributed by atoms with Crippen molar-refractivity contribution in [2.24, 2.45) is 0 Å². The molecule has 1 aliphatic carbocycles. The van der Waals surface area contributed by atoms with Gasteiger partial charge in [0, 0.05) is 53.1 Å². The average molecular weight is 1200 g/mol. The lowest BCUT2D eigenvalue weighted by molar-refractivity contribution is -0.169. The van der Waals surface area contributed by atoms with Crippen LogP contribution in [0.15, 0.2) is 48.5 Å². The third-order valence-corrected chi connectivity index (χ3v) is 16.1. The van der Waals surface area contributed by atoms with Crippen LogP contribution in [0.5, 0.6) is 23.0 Å². The van der Waals surface area contributed by atoms with Gasteiger partial charge in [-0.15, -0.1) is 0 Å². The van der Waals surface area contributed by atoms with Crippen molar-refractivity contribution >= 4 is 0 Å². The fourth-order valence-corrected chi connectivity index (χ4v) is 11.0. The Labute approximate surface area is 517 Å². The lowest BCUT2D eigenvalue weighted by atomic mass is 9.79. The molecule has 3 aliphatic rings. The summed E-state index contributed by atoms with van der Waals surface area (Å²) < 4.78 is 87.1. The van der Waals surface area contributed by atoms with Crippen molar-refractivity contribution in [2.45, 2.75) is 182 Å². The molecule has 14 nitrogen and oxygen atoms in total. The zero-order valence-corrected chi connectivity index (χ0v) is 55.3. The summed E-state index contributed by atoms with van der Waals surface area (Å²) in [4.78, 5) is 0. The van der Waals surface area contributed by atoms with E-state index >= 15 is 0 Å². The maximum absolute atomic E-state index is 7.14. The minimum Gasteiger partial charge on any atom is -0.491 e. The molecular formula is C72H108O14. The second-order valence-corrected chi connectivity index (χ2v) is 27.4. The van der Waals surface area contributed by atoms with E-state index in [-0.39, 0.29) is 34.2 Å². The van der Waals surface area contributed by atoms with Gasteiger partial charge >= 0.3 is 0 Å². The van der Waals surface area contributed by atoms with Crippen molar-refractivity contribution in [1.82, 2.24) is 0 Å². The summed E-state index contributed by atoms with van der Waals surface area (Å²) in [5, 5.41) is 0. The molecular weight excluding hydrogens is 1090 g/mol. The van der Waals surface area contributed by atoms with Crippen LogP contribution < -0.4 is 18.9 Å². The molecule has 14 heteroatoms. The molecule has 7 rings (SSSR count). The number of ether oxygens (including phenoxy) is 14. The predicted octanol–water partition coefficient (Wildman–Crippen LogP) is 13.5. The number of fused-ring (bicyclic) bond motifs is 8. The molecule has 2 fully saturated rings. The van der Waals surface area contributed by atoms with Crippen LogP contribution in [-0.2, 0) is 94.7 Å². The van der Waals surface area contributed by atoms with E-state index in [0.717, 1.165) is 119 Å². The van der Waals surface area contributed by atoms with Gasteiger partial charge in [0.05, 0.1) is 79.3 Å². The molecule has 0 amide bonds. The van der Waals surface area contributed by atoms with Crippen LogP contribution in [0, 0.1) is 0 Å². The van der Waals surface area contributed by atoms with Gasteiger partial charge in [-0.05, 0) is 127 Å². The maximum atomic E-state index is 7.14. The highest BCUT2D eigenvalue weighted by molar-refractivity contribution is 5.60. The van der Waals surface area contributed by atoms with Gasteiger partial charge in [-0.3, -0.25) is 0 Å². The monoisotopic (exact) mass is 1200 g/mol. The van der Waals surface area contributed by atoms with Crippen LogP contribution in [-0.4, -0.2) is 146 Å². The first-order valence-corrected chi connectivity index (χ1v) is 32.0. The lowest BCUT2D eigenvalue weighted by Crippen LogP contribution is -2.24. The Kier molecular flexibility index (Phi) is 26.9. The number of rotatable bonds is 30. The molecule has 4 aromatic carbocycles. The molecule has 0 spiro atoms. The quantitative estimate of drug-likeness (QED) is 0.0404. The zero-order chi connectivity index (χ0) is 61.7. The summed E-state index contributed by atoms with van der Waals surface area (Å²) in [6.07, 6.45) is 8.20. The molecule has 0 radical (unpaired) electrons. The molecule has 2 atom stereocenters. The van der Waals surface area contributed by atoms with E-state index < -0.39 is 0 Å². The highest BCUT2D eigenvalue weighted by Gasteiger charge is 2.30. The summed E-state index contributed by atoms with van der Waals surface area (Å²) in [7, 11) is 3.44. The standard InChI is InChI=1S/C72H108O14/c1-69(2,3)59-43-51-39-55-47-61(71(7,8)9)49-57(67(55)85-37-31-77-27-25-75-29-35-81-63-19-15-17-21-79-63)41-53-45-60(70(4,5)6)46-54(66(53)84-34-24-74-14)42-58-50-62(72(10,11)12)48-56(40-52(44-59)65(51)83-33-23-73-13)68(58)86-38-32-78-28-26-76-30-36-82-64-20-16-18-22-80-64/h43-50,63-64H,15-42H2,1-14H3. The average Bonchev–Trinajstić information content (AvgIpc) is 1.13. The molecule has 2 aliphatic heterocycles. The van der Waals surface area contributed by atoms with Crippen LogP contribution in [0.25, 0.3) is 0 Å². The zero-order valence-electron chi connectivity index (χ0n) is 55.3. The fraction of sp³-hybridized carbons (Fsp3) is 0.667. The number of hydrogen-bond acceptors (Lipinski definition) is 14. The summed E-state index contributed by atoms with van der Waals surface area (Å²) >= 11 is 0. The first-order chi connectivity index (χ1) is 41.1. The molecule has 0 N–H and O–H groups in total. The van der Waals surface area contributed by atoms with Crippen molar-refractivity contribution in [3.63, 3.8) is 0 Å². The summed E-state index contributed by atoms with van der Waals surface area (Å²) in [5.74, 6) is 3.37. The topological polar surface area (TPSA) is 129 Å². The Bertz CT molecular complexity index is 2400. The van der Waals surface area contributed by atoms with Crippen LogP contribution in [0.1, 0.15) is 188 Å². The Balaban J connectivity index is 1.32. The molecule has 2 heterocycles. The molecule has 4 aromatic rings. The summed E-state index contributed by atoms with van der Waals surface area (Å²) in [5.41, 5.74) is 12.6. The van der Waals surface area contributed by atoms with E-state index in [0.29, 0.717) is 131 Å². The van der Waals surface area contributed by atoms with Gasteiger partial charge in [0.25, 0.3) is 0 Å². The van der Waals surface area contributed by atoms with Crippen molar-refractivity contribution in [2.75, 3.05) is 133 Å². The minimum absolute atomic E-state index is 0.132. The number of hydrogen-bond donors (Lipinski definition) is 0. The van der Waals surface area contributed by atoms with Crippen LogP contribution in [0.4, 0.5) is 0 Å². The molecule has 2 unspecified atom stereocenters. The van der Waals surface area contributed by atoms with Gasteiger partial charge in [0.2, 0.25) is 0 Å². The van der Waals surface area contributed by atoms with Gasteiger partial charge in [0.1, 0.15) is 49.4 Å². The largest absolute Gasteiger partial charge is 0.491 e. The first kappa shape index (κ1) is 69.2. The highest BCUT2D eigenvalue weighted by Crippen LogP contribution is 2.44. The second-order valence-electron chi connectivity index (χ2n) is 27.4. The molecule has 480 valence electrons. The lowest BCUT2D eigenvalue weighted by Gasteiger charge is -2.29. The predicted molar refractivity (Wildman–Crippen MR) is 340 cm³/mol. The minimum atomic E-state index is -0.201. The van der Waals surface area contributed by atoms with E-state index in [2.05, 4.69) is 132 Å². The normalized spacial score (nSPS) is 17.0. The van der Waals surface area contributed by atoms with Crippen molar-refractivity contribution in [1.29, 1.82) is 0 Å². The third-order valence-electron chi connectivity index (χ3n) is 16.1. The molecule has 8 bridgehead atoms. The van der Waals surface area contributed by atoms with Gasteiger partial charge in [-0.2, -0.15) is 0 Å². The number of benzene rings is 4. The van der Waals surface area contributed by atoms with E-state index in [1.165, 1.54) is 22.3 Å². The van der Waals surface area contributed by atoms with Gasteiger partial charge in [0.15, 0.2) is 12.6 Å². The number of methoxy groups -OCH3 is 2. The van der Waals surface area contributed by atoms with Crippen LogP contribution >= 0.6 is 0 Å². The summed E-state index contributed by atoms with van der Waals surface area (Å²) in [6.45, 7) is 35.7. The smallest absolute Gasteiger partial charge is 0.157 e. The van der Waals surface area contributed by atoms with Crippen molar-refractivity contribution in [3.05, 3.63) is 115 Å². The van der Waals surface area contributed by atoms with Gasteiger partial charge in [-0.1, -0.05) is 132 Å². The maximum Gasteiger partial charge on any atom is 0.157 e. The van der Waals surface area contributed by atoms with Gasteiger partial charge in [-0.25, -0.2) is 0 Å². The molecule has 86 heavy (non-hydrogen) atoms. The van der Waals surface area contributed by atoms with E-state index in [1.54, 1.807) is 14.2 Å². The van der Waals surface area contributed by atoms with Crippen molar-refractivity contribution in [3.8, 4) is 23.0 Å². The fourth-order valence-electron chi connectivity index (χ4n) is 11.0. The Morgan fingerprint density at radius 2 is 0.547 bits per heavy atom. The van der Waals surface area contributed by atoms with Crippen LogP contribution in [0.2, 0.25) is 0 Å². The summed E-state index contributed by atoms with van der Waals surface area (Å²) in [6, 6.07) is 18.8. The van der Waals surface area contributed by atoms with E-state index in [1.807, 2.05) is 0 Å². The Morgan fingerprint density at radius 1 is 0.314 bits per heavy atom. The van der Waals surface area contributed by atoms with Crippen molar-refractivity contribution < 1.29 is 66.3 Å². The third kappa shape index (κ3) is 21.4.